The van der Waals surface area contributed by atoms with Gasteiger partial charge in [0.05, 0.1) is 13.2 Å². The Morgan fingerprint density at radius 1 is 0.800 bits per heavy atom. The monoisotopic (exact) mass is 298 g/mol. The topological polar surface area (TPSA) is 18.5 Å². The van der Waals surface area contributed by atoms with Gasteiger partial charge in [0.25, 0.3) is 0 Å². The zero-order valence-corrected chi connectivity index (χ0v) is 11.2. The van der Waals surface area contributed by atoms with Gasteiger partial charge in [-0.2, -0.15) is 0 Å². The van der Waals surface area contributed by atoms with E-state index in [0.29, 0.717) is 18.8 Å². The van der Waals surface area contributed by atoms with Crippen molar-refractivity contribution in [3.63, 3.8) is 0 Å². The van der Waals surface area contributed by atoms with E-state index in [4.69, 9.17) is 9.05 Å². The highest BCUT2D eigenvalue weighted by Crippen LogP contribution is 2.41. The van der Waals surface area contributed by atoms with Crippen molar-refractivity contribution in [1.29, 1.82) is 0 Å². The van der Waals surface area contributed by atoms with Crippen molar-refractivity contribution in [2.45, 2.75) is 0 Å². The van der Waals surface area contributed by atoms with Gasteiger partial charge in [0.2, 0.25) is 8.38 Å². The van der Waals surface area contributed by atoms with Gasteiger partial charge >= 0.3 is 0 Å². The highest BCUT2D eigenvalue weighted by atomic mass is 31.2. The average molecular weight is 298 g/mol. The second-order valence-corrected chi connectivity index (χ2v) is 5.77. The minimum Gasteiger partial charge on any atom is -0.328 e. The summed E-state index contributed by atoms with van der Waals surface area (Å²) < 4.78 is 50.1. The van der Waals surface area contributed by atoms with E-state index in [1.54, 1.807) is 24.3 Å². The van der Waals surface area contributed by atoms with Crippen LogP contribution in [0.2, 0.25) is 0 Å². The molecule has 20 heavy (non-hydrogen) atoms. The van der Waals surface area contributed by atoms with Crippen LogP contribution in [0.25, 0.3) is 11.1 Å². The maximum Gasteiger partial charge on any atom is 0.205 e. The zero-order valence-electron chi connectivity index (χ0n) is 10.3. The largest absolute Gasteiger partial charge is 0.328 e. The molecule has 2 aromatic rings. The predicted octanol–water partition coefficient (Wildman–Crippen LogP) is 3.75. The quantitative estimate of drug-likeness (QED) is 0.621. The molecule has 1 fully saturated rings. The second kappa shape index (κ2) is 5.52. The number of benzene rings is 2. The fourth-order valence-corrected chi connectivity index (χ4v) is 3.17. The lowest BCUT2D eigenvalue weighted by Crippen LogP contribution is -2.00. The molecule has 0 saturated carbocycles. The smallest absolute Gasteiger partial charge is 0.205 e. The van der Waals surface area contributed by atoms with Gasteiger partial charge in [-0.15, -0.1) is 0 Å². The Hall–Kier alpha value is -1.42. The van der Waals surface area contributed by atoms with Crippen LogP contribution in [0.4, 0.5) is 13.2 Å². The minimum atomic E-state index is -1.46. The number of hydrogen-bond acceptors (Lipinski definition) is 2. The first-order valence-corrected chi connectivity index (χ1v) is 7.14. The number of rotatable bonds is 2. The zero-order chi connectivity index (χ0) is 14.1. The molecule has 0 bridgehead atoms. The van der Waals surface area contributed by atoms with Crippen LogP contribution in [0.1, 0.15) is 0 Å². The van der Waals surface area contributed by atoms with Crippen molar-refractivity contribution in [2.75, 3.05) is 13.2 Å². The molecular formula is C14H10F3O2P. The molecule has 3 rings (SSSR count). The van der Waals surface area contributed by atoms with Crippen LogP contribution in [0.5, 0.6) is 0 Å². The van der Waals surface area contributed by atoms with Crippen LogP contribution < -0.4 is 5.30 Å². The lowest BCUT2D eigenvalue weighted by molar-refractivity contribution is 0.365. The third-order valence-electron chi connectivity index (χ3n) is 2.90. The maximum absolute atomic E-state index is 13.2. The molecule has 0 aromatic heterocycles. The third kappa shape index (κ3) is 2.57. The first-order chi connectivity index (χ1) is 9.65. The van der Waals surface area contributed by atoms with Crippen molar-refractivity contribution in [3.05, 3.63) is 53.8 Å². The Bertz CT molecular complexity index is 602. The highest BCUT2D eigenvalue weighted by Gasteiger charge is 2.19. The third-order valence-corrected chi connectivity index (χ3v) is 4.45. The summed E-state index contributed by atoms with van der Waals surface area (Å²) in [5.41, 5.74) is 0.884. The summed E-state index contributed by atoms with van der Waals surface area (Å²) in [5.74, 6) is -3.85. The molecule has 1 aliphatic heterocycles. The van der Waals surface area contributed by atoms with Crippen molar-refractivity contribution < 1.29 is 22.2 Å². The summed E-state index contributed by atoms with van der Waals surface area (Å²) >= 11 is 0. The van der Waals surface area contributed by atoms with Gasteiger partial charge in [-0.05, 0) is 35.4 Å². The van der Waals surface area contributed by atoms with Crippen LogP contribution >= 0.6 is 8.38 Å². The van der Waals surface area contributed by atoms with Crippen molar-refractivity contribution in [2.24, 2.45) is 0 Å². The first kappa shape index (κ1) is 13.6. The summed E-state index contributed by atoms with van der Waals surface area (Å²) in [7, 11) is -1.05. The second-order valence-electron chi connectivity index (χ2n) is 4.22. The van der Waals surface area contributed by atoms with Crippen LogP contribution in [-0.4, -0.2) is 13.2 Å². The minimum absolute atomic E-state index is 0.286. The lowest BCUT2D eigenvalue weighted by Gasteiger charge is -2.09. The fraction of sp³-hybridized carbons (Fsp3) is 0.143. The molecule has 0 N–H and O–H groups in total. The number of hydrogen-bond donors (Lipinski definition) is 0. The average Bonchev–Trinajstić information content (AvgIpc) is 2.98. The van der Waals surface area contributed by atoms with Crippen LogP contribution in [0.15, 0.2) is 36.4 Å². The van der Waals surface area contributed by atoms with Crippen LogP contribution in [0, 0.1) is 17.5 Å². The SMILES string of the molecule is Fc1cc(-c2ccc(P3OCCO3)cc2)cc(F)c1F. The molecule has 0 radical (unpaired) electrons. The predicted molar refractivity (Wildman–Crippen MR) is 70.2 cm³/mol. The molecule has 1 saturated heterocycles. The molecule has 0 atom stereocenters. The molecule has 0 unspecified atom stereocenters. The van der Waals surface area contributed by atoms with E-state index in [2.05, 4.69) is 0 Å². The summed E-state index contributed by atoms with van der Waals surface area (Å²) in [4.78, 5) is 0. The molecular weight excluding hydrogens is 288 g/mol. The summed E-state index contributed by atoms with van der Waals surface area (Å²) in [6.45, 7) is 1.14. The lowest BCUT2D eigenvalue weighted by atomic mass is 10.1. The molecule has 1 aliphatic rings. The van der Waals surface area contributed by atoms with Crippen LogP contribution in [0.3, 0.4) is 0 Å². The van der Waals surface area contributed by atoms with E-state index in [1.807, 2.05) is 0 Å². The van der Waals surface area contributed by atoms with E-state index < -0.39 is 25.8 Å². The Kier molecular flexibility index (Phi) is 3.74. The van der Waals surface area contributed by atoms with E-state index in [9.17, 15) is 13.2 Å². The number of halogens is 3. The van der Waals surface area contributed by atoms with E-state index in [1.165, 1.54) is 0 Å². The molecule has 2 aromatic carbocycles. The molecule has 0 spiro atoms. The van der Waals surface area contributed by atoms with Gasteiger partial charge in [-0.1, -0.05) is 12.1 Å². The fourth-order valence-electron chi connectivity index (χ4n) is 1.92. The standard InChI is InChI=1S/C14H10F3O2P/c15-12-7-10(8-13(16)14(12)17)9-1-3-11(4-2-9)20-18-5-6-19-20/h1-4,7-8H,5-6H2. The molecule has 2 nitrogen and oxygen atoms in total. The van der Waals surface area contributed by atoms with E-state index in [0.717, 1.165) is 17.4 Å². The summed E-state index contributed by atoms with van der Waals surface area (Å²) in [6.07, 6.45) is 0. The summed E-state index contributed by atoms with van der Waals surface area (Å²) in [6, 6.07) is 8.92. The van der Waals surface area contributed by atoms with E-state index >= 15 is 0 Å². The van der Waals surface area contributed by atoms with Gasteiger partial charge in [0, 0.05) is 5.30 Å². The van der Waals surface area contributed by atoms with Gasteiger partial charge < -0.3 is 9.05 Å². The van der Waals surface area contributed by atoms with Crippen molar-refractivity contribution >= 4 is 13.7 Å². The first-order valence-electron chi connectivity index (χ1n) is 5.96. The van der Waals surface area contributed by atoms with Crippen LogP contribution in [-0.2, 0) is 9.05 Å². The Morgan fingerprint density at radius 2 is 1.35 bits per heavy atom. The summed E-state index contributed by atoms with van der Waals surface area (Å²) in [5, 5.41) is 0.893. The highest BCUT2D eigenvalue weighted by molar-refractivity contribution is 7.56. The van der Waals surface area contributed by atoms with Gasteiger partial charge in [0.1, 0.15) is 0 Å². The van der Waals surface area contributed by atoms with Crippen molar-refractivity contribution in [1.82, 2.24) is 0 Å². The Labute approximate surface area is 115 Å². The normalized spacial score (nSPS) is 15.8. The molecule has 0 amide bonds. The van der Waals surface area contributed by atoms with Gasteiger partial charge in [0.15, 0.2) is 17.5 Å². The maximum atomic E-state index is 13.2. The van der Waals surface area contributed by atoms with Gasteiger partial charge in [-0.3, -0.25) is 0 Å². The van der Waals surface area contributed by atoms with Crippen molar-refractivity contribution in [3.8, 4) is 11.1 Å². The molecule has 6 heteroatoms. The molecule has 104 valence electrons. The van der Waals surface area contributed by atoms with Gasteiger partial charge in [-0.25, -0.2) is 13.2 Å². The Morgan fingerprint density at radius 3 is 1.90 bits per heavy atom. The molecule has 0 aliphatic carbocycles. The van der Waals surface area contributed by atoms with E-state index in [-0.39, 0.29) is 5.56 Å². The molecule has 1 heterocycles. The Balaban J connectivity index is 1.91.